The van der Waals surface area contributed by atoms with Crippen LogP contribution in [0.1, 0.15) is 55.3 Å². The second kappa shape index (κ2) is 10.7. The third kappa shape index (κ3) is 4.03. The first-order chi connectivity index (χ1) is 21.9. The first-order valence-corrected chi connectivity index (χ1v) is 15.4. The van der Waals surface area contributed by atoms with Gasteiger partial charge in [-0.3, -0.25) is 38.6 Å². The fraction of sp³-hybridized carbons (Fsp3) is 0.188. The number of imide groups is 2. The number of carbonyl (C=O) groups excluding carboxylic acids is 6. The van der Waals surface area contributed by atoms with Crippen LogP contribution in [0.2, 0.25) is 20.1 Å². The molecule has 2 heterocycles. The molecule has 5 aromatic rings. The molecule has 0 aromatic heterocycles. The number of hydrogen-bond donors (Lipinski definition) is 0. The lowest BCUT2D eigenvalue weighted by atomic mass is 9.82. The minimum absolute atomic E-state index is 0.0434. The normalized spacial score (nSPS) is 14.5. The van der Waals surface area contributed by atoms with Gasteiger partial charge >= 0.3 is 11.9 Å². The van der Waals surface area contributed by atoms with Gasteiger partial charge in [0.2, 0.25) is 0 Å². The number of fused-ring (bicyclic) bond motifs is 2. The van der Waals surface area contributed by atoms with E-state index in [-0.39, 0.29) is 66.3 Å². The molecule has 0 fully saturated rings. The fourth-order valence-corrected chi connectivity index (χ4v) is 7.71. The van der Waals surface area contributed by atoms with Crippen LogP contribution in [0.5, 0.6) is 0 Å². The van der Waals surface area contributed by atoms with Gasteiger partial charge in [-0.2, -0.15) is 0 Å². The summed E-state index contributed by atoms with van der Waals surface area (Å²) >= 11 is 27.6. The maximum Gasteiger partial charge on any atom is 0.326 e. The van der Waals surface area contributed by atoms with Gasteiger partial charge in [-0.05, 0) is 38.1 Å². The summed E-state index contributed by atoms with van der Waals surface area (Å²) in [6, 6.07) is 5.51. The van der Waals surface area contributed by atoms with Gasteiger partial charge in [0.25, 0.3) is 23.6 Å². The number of nitrogens with zero attached hydrogens (tertiary/aromatic N) is 2. The van der Waals surface area contributed by atoms with Crippen LogP contribution in [0.4, 0.5) is 0 Å². The van der Waals surface area contributed by atoms with Crippen LogP contribution in [0.15, 0.2) is 24.3 Å². The molecule has 14 heteroatoms. The standard InChI is InChI=1S/C32H18Cl4N2O8/c1-3-45-19(39)9-37-29(41)11-5-15(33)23-25-17(35)7-13-22-14(32(44)38(31(13)43)10-20(40)46-4-2)8-18(36)26(28(22)25)24-16(34)6-12(30(37)42)21(11)27(23)24/h5-8H,3-4,9-10H2,1-2H3. The molecule has 46 heavy (non-hydrogen) atoms. The van der Waals surface area contributed by atoms with E-state index in [4.69, 9.17) is 55.9 Å². The smallest absolute Gasteiger partial charge is 0.326 e. The molecule has 0 radical (unpaired) electrons. The summed E-state index contributed by atoms with van der Waals surface area (Å²) in [5.41, 5.74) is 0.173. The van der Waals surface area contributed by atoms with Gasteiger partial charge in [0.05, 0.1) is 35.5 Å². The second-order valence-corrected chi connectivity index (χ2v) is 12.3. The molecule has 0 atom stereocenters. The van der Waals surface area contributed by atoms with E-state index in [0.717, 1.165) is 9.80 Å². The number of benzene rings is 5. The molecule has 7 rings (SSSR count). The van der Waals surface area contributed by atoms with Crippen molar-refractivity contribution in [3.8, 4) is 0 Å². The Bertz CT molecular complexity index is 2020. The van der Waals surface area contributed by atoms with Gasteiger partial charge < -0.3 is 9.47 Å². The van der Waals surface area contributed by atoms with Crippen molar-refractivity contribution in [2.45, 2.75) is 13.8 Å². The van der Waals surface area contributed by atoms with Gasteiger partial charge in [-0.25, -0.2) is 0 Å². The van der Waals surface area contributed by atoms with E-state index >= 15 is 0 Å². The Hall–Kier alpha value is -4.22. The van der Waals surface area contributed by atoms with E-state index in [1.165, 1.54) is 24.3 Å². The highest BCUT2D eigenvalue weighted by Crippen LogP contribution is 2.53. The van der Waals surface area contributed by atoms with Gasteiger partial charge in [0.1, 0.15) is 13.1 Å². The quantitative estimate of drug-likeness (QED) is 0.0833. The average molecular weight is 700 g/mol. The molecule has 10 nitrogen and oxygen atoms in total. The third-order valence-corrected chi connectivity index (χ3v) is 9.40. The topological polar surface area (TPSA) is 127 Å². The largest absolute Gasteiger partial charge is 0.465 e. The molecule has 0 aliphatic carbocycles. The minimum Gasteiger partial charge on any atom is -0.465 e. The number of esters is 2. The van der Waals surface area contributed by atoms with Gasteiger partial charge in [-0.1, -0.05) is 46.4 Å². The molecule has 0 spiro atoms. The number of amides is 4. The molecule has 232 valence electrons. The van der Waals surface area contributed by atoms with Crippen LogP contribution >= 0.6 is 46.4 Å². The third-order valence-electron chi connectivity index (χ3n) is 8.20. The summed E-state index contributed by atoms with van der Waals surface area (Å²) in [5, 5.41) is 2.55. The summed E-state index contributed by atoms with van der Waals surface area (Å²) in [4.78, 5) is 80.8. The van der Waals surface area contributed by atoms with Crippen molar-refractivity contribution in [2.24, 2.45) is 0 Å². The average Bonchev–Trinajstić information content (AvgIpc) is 3.00. The van der Waals surface area contributed by atoms with Crippen LogP contribution in [0.3, 0.4) is 0 Å². The molecule has 2 aliphatic rings. The van der Waals surface area contributed by atoms with Crippen LogP contribution in [-0.2, 0) is 19.1 Å². The van der Waals surface area contributed by atoms with E-state index in [1.807, 2.05) is 0 Å². The lowest BCUT2D eigenvalue weighted by Crippen LogP contribution is -2.44. The Morgan fingerprint density at radius 2 is 0.761 bits per heavy atom. The fourth-order valence-electron chi connectivity index (χ4n) is 6.52. The lowest BCUT2D eigenvalue weighted by Gasteiger charge is -2.31. The van der Waals surface area contributed by atoms with Crippen molar-refractivity contribution in [2.75, 3.05) is 26.3 Å². The number of carbonyl (C=O) groups is 6. The Morgan fingerprint density at radius 1 is 0.500 bits per heavy atom. The Labute approximate surface area is 278 Å². The van der Waals surface area contributed by atoms with Gasteiger partial charge in [-0.15, -0.1) is 0 Å². The Balaban J connectivity index is 1.59. The van der Waals surface area contributed by atoms with Crippen LogP contribution in [0.25, 0.3) is 43.1 Å². The molecule has 0 saturated heterocycles. The SMILES string of the molecule is CCOC(=O)CN1C(=O)c2cc(Cl)c3c4c(Cl)cc5c6c(cc(Cl)c(c7c(Cl)cc(c2c37)C1=O)c64)C(=O)N(CC(=O)OCC)C5=O. The predicted molar refractivity (Wildman–Crippen MR) is 172 cm³/mol. The molecule has 0 N–H and O–H groups in total. The van der Waals surface area contributed by atoms with Gasteiger partial charge in [0, 0.05) is 63.2 Å². The molecule has 4 amide bonds. The summed E-state index contributed by atoms with van der Waals surface area (Å²) in [7, 11) is 0. The highest BCUT2D eigenvalue weighted by atomic mass is 35.5. The van der Waals surface area contributed by atoms with E-state index in [2.05, 4.69) is 0 Å². The Kier molecular flexibility index (Phi) is 7.06. The molecule has 0 unspecified atom stereocenters. The minimum atomic E-state index is -0.771. The second-order valence-electron chi connectivity index (χ2n) is 10.6. The summed E-state index contributed by atoms with van der Waals surface area (Å²) < 4.78 is 9.91. The number of rotatable bonds is 6. The van der Waals surface area contributed by atoms with Crippen LogP contribution < -0.4 is 0 Å². The van der Waals surface area contributed by atoms with Crippen molar-refractivity contribution in [1.82, 2.24) is 9.80 Å². The highest BCUT2D eigenvalue weighted by molar-refractivity contribution is 6.56. The van der Waals surface area contributed by atoms with Crippen molar-refractivity contribution >= 4 is 125 Å². The lowest BCUT2D eigenvalue weighted by molar-refractivity contribution is -0.144. The molecular weight excluding hydrogens is 682 g/mol. The molecule has 0 bridgehead atoms. The van der Waals surface area contributed by atoms with Crippen LogP contribution in [0, 0.1) is 0 Å². The van der Waals surface area contributed by atoms with Gasteiger partial charge in [0.15, 0.2) is 0 Å². The first-order valence-electron chi connectivity index (χ1n) is 13.9. The first kappa shape index (κ1) is 30.4. The zero-order valence-electron chi connectivity index (χ0n) is 23.8. The van der Waals surface area contributed by atoms with E-state index in [1.54, 1.807) is 13.8 Å². The van der Waals surface area contributed by atoms with Crippen molar-refractivity contribution in [3.05, 3.63) is 66.6 Å². The van der Waals surface area contributed by atoms with E-state index in [0.29, 0.717) is 32.3 Å². The van der Waals surface area contributed by atoms with Crippen molar-refractivity contribution in [3.63, 3.8) is 0 Å². The Morgan fingerprint density at radius 3 is 1.00 bits per heavy atom. The number of halogens is 4. The van der Waals surface area contributed by atoms with Crippen LogP contribution in [-0.4, -0.2) is 71.7 Å². The summed E-state index contributed by atoms with van der Waals surface area (Å²) in [5.74, 6) is -4.60. The monoisotopic (exact) mass is 698 g/mol. The zero-order chi connectivity index (χ0) is 32.9. The highest BCUT2D eigenvalue weighted by Gasteiger charge is 2.40. The molecule has 5 aromatic carbocycles. The summed E-state index contributed by atoms with van der Waals surface area (Å²) in [6.45, 7) is 2.08. The van der Waals surface area contributed by atoms with E-state index < -0.39 is 48.7 Å². The predicted octanol–water partition coefficient (Wildman–Crippen LogP) is 6.67. The zero-order valence-corrected chi connectivity index (χ0v) is 26.8. The molecule has 0 saturated carbocycles. The maximum atomic E-state index is 13.7. The summed E-state index contributed by atoms with van der Waals surface area (Å²) in [6.07, 6.45) is 0. The number of ether oxygens (including phenoxy) is 2. The maximum absolute atomic E-state index is 13.7. The van der Waals surface area contributed by atoms with Crippen molar-refractivity contribution < 1.29 is 38.2 Å². The van der Waals surface area contributed by atoms with Crippen molar-refractivity contribution in [1.29, 1.82) is 0 Å². The number of hydrogen-bond acceptors (Lipinski definition) is 8. The van der Waals surface area contributed by atoms with E-state index in [9.17, 15) is 28.8 Å². The molecule has 2 aliphatic heterocycles. The molecular formula is C32H18Cl4N2O8.